The number of nitrogens with zero attached hydrogens (tertiary/aromatic N) is 1. The molecular weight excluding hydrogens is 280 g/mol. The van der Waals surface area contributed by atoms with Crippen LogP contribution >= 0.6 is 11.3 Å². The lowest BCUT2D eigenvalue weighted by Gasteiger charge is -2.01. The third-order valence-electron chi connectivity index (χ3n) is 3.43. The first-order chi connectivity index (χ1) is 10.3. The van der Waals surface area contributed by atoms with Gasteiger partial charge in [0, 0.05) is 10.4 Å². The van der Waals surface area contributed by atoms with Crippen LogP contribution < -0.4 is 5.32 Å². The average Bonchev–Trinajstić information content (AvgIpc) is 3.15. The molecule has 1 aromatic carbocycles. The summed E-state index contributed by atoms with van der Waals surface area (Å²) in [5.74, 6) is 0.914. The van der Waals surface area contributed by atoms with Crippen LogP contribution in [0.4, 0.5) is 5.13 Å². The van der Waals surface area contributed by atoms with Crippen molar-refractivity contribution in [3.8, 4) is 11.3 Å². The van der Waals surface area contributed by atoms with E-state index in [-0.39, 0.29) is 0 Å². The van der Waals surface area contributed by atoms with Gasteiger partial charge in [0.15, 0.2) is 5.13 Å². The maximum Gasteiger partial charge on any atom is 0.183 e. The van der Waals surface area contributed by atoms with Crippen molar-refractivity contribution in [1.82, 2.24) is 4.98 Å². The second-order valence-corrected chi connectivity index (χ2v) is 6.11. The highest BCUT2D eigenvalue weighted by atomic mass is 32.1. The summed E-state index contributed by atoms with van der Waals surface area (Å²) in [4.78, 5) is 5.92. The lowest BCUT2D eigenvalue weighted by atomic mass is 10.1. The number of aryl methyl sites for hydroxylation is 2. The minimum absolute atomic E-state index is 0.661. The zero-order chi connectivity index (χ0) is 14.7. The largest absolute Gasteiger partial charge is 0.467 e. The number of hydrogen-bond donors (Lipinski definition) is 1. The van der Waals surface area contributed by atoms with Crippen LogP contribution in [0.3, 0.4) is 0 Å². The molecule has 0 bridgehead atoms. The summed E-state index contributed by atoms with van der Waals surface area (Å²) < 4.78 is 5.32. The summed E-state index contributed by atoms with van der Waals surface area (Å²) in [6.07, 6.45) is 2.75. The lowest BCUT2D eigenvalue weighted by molar-refractivity contribution is 0.518. The van der Waals surface area contributed by atoms with Crippen molar-refractivity contribution in [2.24, 2.45) is 0 Å². The molecule has 0 fully saturated rings. The van der Waals surface area contributed by atoms with Crippen LogP contribution in [-0.2, 0) is 13.0 Å². The van der Waals surface area contributed by atoms with Gasteiger partial charge >= 0.3 is 0 Å². The van der Waals surface area contributed by atoms with Gasteiger partial charge in [-0.25, -0.2) is 4.98 Å². The maximum atomic E-state index is 5.32. The summed E-state index contributed by atoms with van der Waals surface area (Å²) in [5.41, 5.74) is 3.58. The summed E-state index contributed by atoms with van der Waals surface area (Å²) in [5, 5.41) is 4.24. The third kappa shape index (κ3) is 3.16. The highest BCUT2D eigenvalue weighted by molar-refractivity contribution is 7.15. The van der Waals surface area contributed by atoms with Gasteiger partial charge in [0.25, 0.3) is 0 Å². The van der Waals surface area contributed by atoms with Crippen LogP contribution in [0.5, 0.6) is 0 Å². The van der Waals surface area contributed by atoms with Crippen molar-refractivity contribution in [3.63, 3.8) is 0 Å². The Hall–Kier alpha value is -2.07. The monoisotopic (exact) mass is 298 g/mol. The van der Waals surface area contributed by atoms with Crippen molar-refractivity contribution < 1.29 is 4.42 Å². The van der Waals surface area contributed by atoms with Gasteiger partial charge in [-0.15, -0.1) is 11.3 Å². The van der Waals surface area contributed by atoms with Crippen molar-refractivity contribution in [2.75, 3.05) is 5.32 Å². The molecule has 0 unspecified atom stereocenters. The fraction of sp³-hybridized carbons (Fsp3) is 0.235. The van der Waals surface area contributed by atoms with E-state index in [9.17, 15) is 0 Å². The van der Waals surface area contributed by atoms with E-state index < -0.39 is 0 Å². The Morgan fingerprint density at radius 3 is 2.67 bits per heavy atom. The van der Waals surface area contributed by atoms with Crippen LogP contribution in [0.25, 0.3) is 11.3 Å². The van der Waals surface area contributed by atoms with E-state index in [0.717, 1.165) is 23.0 Å². The van der Waals surface area contributed by atoms with Gasteiger partial charge in [-0.3, -0.25) is 0 Å². The minimum atomic E-state index is 0.661. The number of hydrogen-bond acceptors (Lipinski definition) is 4. The molecule has 3 nitrogen and oxygen atoms in total. The molecule has 0 amide bonds. The van der Waals surface area contributed by atoms with Crippen LogP contribution in [0.2, 0.25) is 0 Å². The molecule has 3 rings (SSSR count). The Kier molecular flexibility index (Phi) is 4.06. The molecule has 0 saturated heterocycles. The standard InChI is InChI=1S/C17H18N2OS/c1-3-13-6-8-14(9-7-13)16-12(2)21-17(19-16)18-11-15-5-4-10-20-15/h4-10H,3,11H2,1-2H3,(H,18,19). The van der Waals surface area contributed by atoms with Crippen molar-refractivity contribution in [3.05, 3.63) is 58.9 Å². The first-order valence-corrected chi connectivity index (χ1v) is 7.91. The topological polar surface area (TPSA) is 38.1 Å². The zero-order valence-corrected chi connectivity index (χ0v) is 13.0. The fourth-order valence-electron chi connectivity index (χ4n) is 2.21. The summed E-state index contributed by atoms with van der Waals surface area (Å²) in [7, 11) is 0. The second-order valence-electron chi connectivity index (χ2n) is 4.91. The quantitative estimate of drug-likeness (QED) is 0.729. The molecule has 0 spiro atoms. The highest BCUT2D eigenvalue weighted by Gasteiger charge is 2.10. The molecule has 0 aliphatic heterocycles. The maximum absolute atomic E-state index is 5.32. The van der Waals surface area contributed by atoms with Crippen LogP contribution in [-0.4, -0.2) is 4.98 Å². The first kappa shape index (κ1) is 13.9. The molecule has 0 aliphatic carbocycles. The molecule has 21 heavy (non-hydrogen) atoms. The van der Waals surface area contributed by atoms with Gasteiger partial charge in [0.1, 0.15) is 5.76 Å². The molecule has 0 radical (unpaired) electrons. The minimum Gasteiger partial charge on any atom is -0.467 e. The third-order valence-corrected chi connectivity index (χ3v) is 4.35. The summed E-state index contributed by atoms with van der Waals surface area (Å²) >= 11 is 1.68. The summed E-state index contributed by atoms with van der Waals surface area (Å²) in [6.45, 7) is 4.94. The van der Waals surface area contributed by atoms with Gasteiger partial charge < -0.3 is 9.73 Å². The number of rotatable bonds is 5. The van der Waals surface area contributed by atoms with E-state index in [1.807, 2.05) is 12.1 Å². The Balaban J connectivity index is 1.76. The first-order valence-electron chi connectivity index (χ1n) is 7.09. The number of nitrogens with one attached hydrogen (secondary N) is 1. The van der Waals surface area contributed by atoms with Crippen molar-refractivity contribution in [1.29, 1.82) is 0 Å². The Morgan fingerprint density at radius 1 is 1.19 bits per heavy atom. The molecule has 0 aliphatic rings. The SMILES string of the molecule is CCc1ccc(-c2nc(NCc3ccco3)sc2C)cc1. The molecule has 3 aromatic rings. The fourth-order valence-corrected chi connectivity index (χ4v) is 3.05. The Bertz CT molecular complexity index is 699. The Labute approximate surface area is 128 Å². The lowest BCUT2D eigenvalue weighted by Crippen LogP contribution is -1.97. The van der Waals surface area contributed by atoms with Crippen LogP contribution in [0.1, 0.15) is 23.1 Å². The Morgan fingerprint density at radius 2 is 2.00 bits per heavy atom. The normalized spacial score (nSPS) is 10.8. The van der Waals surface area contributed by atoms with Crippen molar-refractivity contribution in [2.45, 2.75) is 26.8 Å². The van der Waals surface area contributed by atoms with Crippen LogP contribution in [0, 0.1) is 6.92 Å². The zero-order valence-electron chi connectivity index (χ0n) is 12.2. The van der Waals surface area contributed by atoms with E-state index >= 15 is 0 Å². The second kappa shape index (κ2) is 6.14. The number of aromatic nitrogens is 1. The highest BCUT2D eigenvalue weighted by Crippen LogP contribution is 2.30. The van der Waals surface area contributed by atoms with E-state index in [1.165, 1.54) is 16.0 Å². The predicted octanol–water partition coefficient (Wildman–Crippen LogP) is 4.89. The van der Waals surface area contributed by atoms with E-state index in [2.05, 4.69) is 43.4 Å². The average molecular weight is 298 g/mol. The van der Waals surface area contributed by atoms with Gasteiger partial charge in [-0.2, -0.15) is 0 Å². The van der Waals surface area contributed by atoms with Crippen LogP contribution in [0.15, 0.2) is 47.1 Å². The number of thiazole rings is 1. The molecule has 0 atom stereocenters. The molecular formula is C17H18N2OS. The van der Waals surface area contributed by atoms with E-state index in [1.54, 1.807) is 17.6 Å². The van der Waals surface area contributed by atoms with Gasteiger partial charge in [0.2, 0.25) is 0 Å². The molecule has 4 heteroatoms. The van der Waals surface area contributed by atoms with Gasteiger partial charge in [-0.1, -0.05) is 31.2 Å². The molecule has 0 saturated carbocycles. The number of furan rings is 1. The molecule has 2 aromatic heterocycles. The molecule has 2 heterocycles. The van der Waals surface area contributed by atoms with Crippen molar-refractivity contribution >= 4 is 16.5 Å². The predicted molar refractivity (Wildman–Crippen MR) is 87.7 cm³/mol. The number of anilines is 1. The van der Waals surface area contributed by atoms with E-state index in [0.29, 0.717) is 6.54 Å². The van der Waals surface area contributed by atoms with Gasteiger partial charge in [0.05, 0.1) is 18.5 Å². The van der Waals surface area contributed by atoms with Gasteiger partial charge in [-0.05, 0) is 31.0 Å². The van der Waals surface area contributed by atoms with E-state index in [4.69, 9.17) is 9.40 Å². The number of benzene rings is 1. The smallest absolute Gasteiger partial charge is 0.183 e. The molecule has 108 valence electrons. The summed E-state index contributed by atoms with van der Waals surface area (Å²) in [6, 6.07) is 12.5. The molecule has 1 N–H and O–H groups in total.